The number of carbonyl (C=O) groups is 3. The van der Waals surface area contributed by atoms with Crippen molar-refractivity contribution in [2.24, 2.45) is 11.0 Å². The summed E-state index contributed by atoms with van der Waals surface area (Å²) in [5.41, 5.74) is 5.02. The SMILES string of the molecule is CC(=O)Oc1ccccc1C(=O)Nc1ccc(C2=NNC(=O)CC2C)cc1. The van der Waals surface area contributed by atoms with Crippen LogP contribution in [0.2, 0.25) is 0 Å². The smallest absolute Gasteiger partial charge is 0.308 e. The molecule has 2 N–H and O–H groups in total. The van der Waals surface area contributed by atoms with Gasteiger partial charge in [0, 0.05) is 24.9 Å². The standard InChI is InChI=1S/C20H19N3O4/c1-12-11-18(25)22-23-19(12)14-7-9-15(10-8-14)21-20(26)16-5-3-4-6-17(16)27-13(2)24/h3-10,12H,11H2,1-2H3,(H,21,26)(H,22,25). The normalized spacial score (nSPS) is 16.1. The molecule has 0 saturated carbocycles. The molecule has 0 aromatic heterocycles. The maximum absolute atomic E-state index is 12.5. The molecule has 27 heavy (non-hydrogen) atoms. The van der Waals surface area contributed by atoms with E-state index in [1.807, 2.05) is 19.1 Å². The molecule has 138 valence electrons. The maximum atomic E-state index is 12.5. The monoisotopic (exact) mass is 365 g/mol. The third kappa shape index (κ3) is 4.38. The molecule has 0 radical (unpaired) electrons. The average Bonchev–Trinajstić information content (AvgIpc) is 2.62. The Morgan fingerprint density at radius 1 is 1.15 bits per heavy atom. The van der Waals surface area contributed by atoms with Crippen LogP contribution in [0.15, 0.2) is 53.6 Å². The summed E-state index contributed by atoms with van der Waals surface area (Å²) in [5, 5.41) is 6.90. The van der Waals surface area contributed by atoms with Crippen LogP contribution in [0.5, 0.6) is 5.75 Å². The van der Waals surface area contributed by atoms with Crippen molar-refractivity contribution in [3.63, 3.8) is 0 Å². The van der Waals surface area contributed by atoms with E-state index in [0.717, 1.165) is 11.3 Å². The molecule has 0 spiro atoms. The highest BCUT2D eigenvalue weighted by Crippen LogP contribution is 2.21. The third-order valence-corrected chi connectivity index (χ3v) is 4.08. The van der Waals surface area contributed by atoms with E-state index in [-0.39, 0.29) is 29.0 Å². The van der Waals surface area contributed by atoms with Crippen LogP contribution in [0.4, 0.5) is 5.69 Å². The summed E-state index contributed by atoms with van der Waals surface area (Å²) in [6.07, 6.45) is 0.393. The number of esters is 1. The summed E-state index contributed by atoms with van der Waals surface area (Å²) < 4.78 is 5.07. The fourth-order valence-electron chi connectivity index (χ4n) is 2.82. The van der Waals surface area contributed by atoms with Crippen molar-refractivity contribution in [2.45, 2.75) is 20.3 Å². The first-order valence-corrected chi connectivity index (χ1v) is 8.49. The van der Waals surface area contributed by atoms with Crippen molar-refractivity contribution >= 4 is 29.2 Å². The third-order valence-electron chi connectivity index (χ3n) is 4.08. The van der Waals surface area contributed by atoms with Gasteiger partial charge in [-0.2, -0.15) is 5.10 Å². The molecular formula is C20H19N3O4. The molecule has 2 aromatic carbocycles. The Morgan fingerprint density at radius 2 is 1.85 bits per heavy atom. The lowest BCUT2D eigenvalue weighted by molar-refractivity contribution is -0.131. The topological polar surface area (TPSA) is 96.9 Å². The van der Waals surface area contributed by atoms with Gasteiger partial charge < -0.3 is 10.1 Å². The van der Waals surface area contributed by atoms with E-state index in [2.05, 4.69) is 15.8 Å². The maximum Gasteiger partial charge on any atom is 0.308 e. The van der Waals surface area contributed by atoms with Crippen LogP contribution in [0, 0.1) is 5.92 Å². The van der Waals surface area contributed by atoms with Gasteiger partial charge in [0.1, 0.15) is 5.75 Å². The Kier molecular flexibility index (Phi) is 5.30. The van der Waals surface area contributed by atoms with E-state index >= 15 is 0 Å². The van der Waals surface area contributed by atoms with Gasteiger partial charge in [-0.3, -0.25) is 14.4 Å². The second kappa shape index (κ2) is 7.82. The highest BCUT2D eigenvalue weighted by molar-refractivity contribution is 6.08. The summed E-state index contributed by atoms with van der Waals surface area (Å²) in [5.74, 6) is -0.735. The Hall–Kier alpha value is -3.48. The van der Waals surface area contributed by atoms with Crippen molar-refractivity contribution in [1.82, 2.24) is 5.43 Å². The van der Waals surface area contributed by atoms with Gasteiger partial charge in [-0.05, 0) is 29.8 Å². The van der Waals surface area contributed by atoms with Gasteiger partial charge in [-0.1, -0.05) is 31.2 Å². The molecule has 2 aromatic rings. The fraction of sp³-hybridized carbons (Fsp3) is 0.200. The summed E-state index contributed by atoms with van der Waals surface area (Å²) in [4.78, 5) is 35.1. The molecule has 1 atom stereocenters. The second-order valence-electron chi connectivity index (χ2n) is 6.26. The number of rotatable bonds is 4. The first-order chi connectivity index (χ1) is 12.9. The van der Waals surface area contributed by atoms with Crippen LogP contribution in [0.25, 0.3) is 0 Å². The molecule has 1 heterocycles. The summed E-state index contributed by atoms with van der Waals surface area (Å²) in [6.45, 7) is 3.23. The zero-order valence-corrected chi connectivity index (χ0v) is 15.0. The minimum Gasteiger partial charge on any atom is -0.426 e. The van der Waals surface area contributed by atoms with Gasteiger partial charge in [0.05, 0.1) is 11.3 Å². The zero-order chi connectivity index (χ0) is 19.4. The van der Waals surface area contributed by atoms with Gasteiger partial charge in [-0.25, -0.2) is 5.43 Å². The molecule has 1 aliphatic heterocycles. The molecule has 1 unspecified atom stereocenters. The highest BCUT2D eigenvalue weighted by Gasteiger charge is 2.21. The molecule has 0 saturated heterocycles. The van der Waals surface area contributed by atoms with E-state index in [1.165, 1.54) is 6.92 Å². The number of anilines is 1. The zero-order valence-electron chi connectivity index (χ0n) is 15.0. The number of benzene rings is 2. The van der Waals surface area contributed by atoms with E-state index in [9.17, 15) is 14.4 Å². The van der Waals surface area contributed by atoms with Crippen molar-refractivity contribution in [1.29, 1.82) is 0 Å². The lowest BCUT2D eigenvalue weighted by atomic mass is 9.94. The van der Waals surface area contributed by atoms with E-state index in [0.29, 0.717) is 12.1 Å². The molecule has 1 aliphatic rings. The van der Waals surface area contributed by atoms with Gasteiger partial charge in [0.25, 0.3) is 5.91 Å². The van der Waals surface area contributed by atoms with Crippen LogP contribution in [0.1, 0.15) is 36.2 Å². The van der Waals surface area contributed by atoms with Crippen LogP contribution in [0.3, 0.4) is 0 Å². The molecular weight excluding hydrogens is 346 g/mol. The molecule has 7 nitrogen and oxygen atoms in total. The van der Waals surface area contributed by atoms with Crippen molar-refractivity contribution < 1.29 is 19.1 Å². The van der Waals surface area contributed by atoms with Crippen molar-refractivity contribution in [3.05, 3.63) is 59.7 Å². The number of ether oxygens (including phenoxy) is 1. The minimum absolute atomic E-state index is 0.0230. The summed E-state index contributed by atoms with van der Waals surface area (Å²) >= 11 is 0. The Balaban J connectivity index is 1.75. The number of carbonyl (C=O) groups excluding carboxylic acids is 3. The summed E-state index contributed by atoms with van der Waals surface area (Å²) in [6, 6.07) is 13.7. The average molecular weight is 365 g/mol. The number of hydrazone groups is 1. The van der Waals surface area contributed by atoms with E-state index in [1.54, 1.807) is 36.4 Å². The number of hydrogen-bond acceptors (Lipinski definition) is 5. The van der Waals surface area contributed by atoms with Gasteiger partial charge >= 0.3 is 5.97 Å². The van der Waals surface area contributed by atoms with Gasteiger partial charge in [0.2, 0.25) is 5.91 Å². The number of nitrogens with one attached hydrogen (secondary N) is 2. The van der Waals surface area contributed by atoms with Crippen LogP contribution in [-0.2, 0) is 9.59 Å². The molecule has 0 aliphatic carbocycles. The van der Waals surface area contributed by atoms with Crippen molar-refractivity contribution in [3.8, 4) is 5.75 Å². The van der Waals surface area contributed by atoms with E-state index in [4.69, 9.17) is 4.74 Å². The Bertz CT molecular complexity index is 919. The van der Waals surface area contributed by atoms with Crippen LogP contribution in [-0.4, -0.2) is 23.5 Å². The Labute approximate surface area is 156 Å². The largest absolute Gasteiger partial charge is 0.426 e. The lowest BCUT2D eigenvalue weighted by Gasteiger charge is -2.19. The van der Waals surface area contributed by atoms with Gasteiger partial charge in [-0.15, -0.1) is 0 Å². The number of nitrogens with zero attached hydrogens (tertiary/aromatic N) is 1. The first-order valence-electron chi connectivity index (χ1n) is 8.49. The quantitative estimate of drug-likeness (QED) is 0.643. The second-order valence-corrected chi connectivity index (χ2v) is 6.26. The lowest BCUT2D eigenvalue weighted by Crippen LogP contribution is -2.31. The molecule has 0 fully saturated rings. The molecule has 2 amide bonds. The van der Waals surface area contributed by atoms with Crippen molar-refractivity contribution in [2.75, 3.05) is 5.32 Å². The minimum atomic E-state index is -0.492. The van der Waals surface area contributed by atoms with Crippen LogP contribution >= 0.6 is 0 Å². The Morgan fingerprint density at radius 3 is 2.52 bits per heavy atom. The summed E-state index contributed by atoms with van der Waals surface area (Å²) in [7, 11) is 0. The number of para-hydroxylation sites is 1. The predicted octanol–water partition coefficient (Wildman–Crippen LogP) is 2.72. The molecule has 7 heteroatoms. The molecule has 3 rings (SSSR count). The predicted molar refractivity (Wildman–Crippen MR) is 101 cm³/mol. The first kappa shape index (κ1) is 18.3. The number of hydrogen-bond donors (Lipinski definition) is 2. The highest BCUT2D eigenvalue weighted by atomic mass is 16.5. The number of amides is 2. The fourth-order valence-corrected chi connectivity index (χ4v) is 2.82. The van der Waals surface area contributed by atoms with E-state index < -0.39 is 5.97 Å². The van der Waals surface area contributed by atoms with Crippen LogP contribution < -0.4 is 15.5 Å². The van der Waals surface area contributed by atoms with Gasteiger partial charge in [0.15, 0.2) is 0 Å². The molecule has 0 bridgehead atoms.